The molecule has 2 N–H and O–H groups in total. The molecule has 0 saturated carbocycles. The molecule has 3 aromatic heterocycles. The Morgan fingerprint density at radius 2 is 2.06 bits per heavy atom. The summed E-state index contributed by atoms with van der Waals surface area (Å²) in [6, 6.07) is 8.62. The van der Waals surface area contributed by atoms with Gasteiger partial charge in [0.25, 0.3) is 11.5 Å². The molecule has 0 saturated heterocycles. The van der Waals surface area contributed by atoms with E-state index in [0.717, 1.165) is 22.5 Å². The number of H-pyrrole nitrogens is 1. The van der Waals surface area contributed by atoms with Crippen LogP contribution in [0.3, 0.4) is 0 Å². The van der Waals surface area contributed by atoms with Crippen LogP contribution < -0.4 is 15.8 Å². The lowest BCUT2D eigenvalue weighted by atomic mass is 10.1. The normalized spacial score (nSPS) is 12.9. The number of rotatable bonds is 4. The first kappa shape index (κ1) is 19.8. The van der Waals surface area contributed by atoms with Crippen LogP contribution in [0.2, 0.25) is 0 Å². The fourth-order valence-electron chi connectivity index (χ4n) is 4.21. The number of fused-ring (bicyclic) bond motifs is 2. The van der Waals surface area contributed by atoms with E-state index in [-0.39, 0.29) is 23.8 Å². The number of hydrogen-bond acceptors (Lipinski definition) is 5. The second kappa shape index (κ2) is 7.52. The molecule has 0 atom stereocenters. The van der Waals surface area contributed by atoms with Crippen molar-refractivity contribution in [1.29, 1.82) is 0 Å². The first-order valence-electron chi connectivity index (χ1n) is 10.3. The Labute approximate surface area is 182 Å². The standard InChI is InChI=1S/C23H21N5O4/c1-13-18(14(2)28-20(24-13)11-22(30)26-28)10-21(29)25-17-3-4-19-15(9-17)5-7-27(19)23(31)16-6-8-32-12-16/h3-4,6,8-9,11-12H,5,7,10H2,1-2H3,(H,25,29)(H,26,30). The molecule has 5 rings (SSSR count). The third-order valence-electron chi connectivity index (χ3n) is 5.81. The van der Waals surface area contributed by atoms with Crippen LogP contribution in [-0.4, -0.2) is 33.0 Å². The molecule has 2 amide bonds. The maximum atomic E-state index is 12.8. The molecule has 0 fully saturated rings. The Bertz CT molecular complexity index is 1410. The predicted molar refractivity (Wildman–Crippen MR) is 118 cm³/mol. The number of amides is 2. The molecular weight excluding hydrogens is 410 g/mol. The second-order valence-electron chi connectivity index (χ2n) is 7.86. The van der Waals surface area contributed by atoms with Crippen molar-refractivity contribution in [3.63, 3.8) is 0 Å². The van der Waals surface area contributed by atoms with Gasteiger partial charge in [-0.05, 0) is 50.1 Å². The van der Waals surface area contributed by atoms with E-state index in [2.05, 4.69) is 15.4 Å². The monoisotopic (exact) mass is 431 g/mol. The van der Waals surface area contributed by atoms with Crippen LogP contribution in [0.1, 0.15) is 32.9 Å². The third-order valence-corrected chi connectivity index (χ3v) is 5.81. The predicted octanol–water partition coefficient (Wildman–Crippen LogP) is 2.62. The fraction of sp³-hybridized carbons (Fsp3) is 0.217. The van der Waals surface area contributed by atoms with Gasteiger partial charge in [0.15, 0.2) is 5.65 Å². The van der Waals surface area contributed by atoms with E-state index in [1.54, 1.807) is 21.5 Å². The van der Waals surface area contributed by atoms with Crippen LogP contribution >= 0.6 is 0 Å². The van der Waals surface area contributed by atoms with Gasteiger partial charge in [0.05, 0.1) is 18.2 Å². The number of nitrogens with one attached hydrogen (secondary N) is 2. The van der Waals surface area contributed by atoms with Crippen LogP contribution in [0.5, 0.6) is 0 Å². The molecular formula is C23H21N5O4. The summed E-state index contributed by atoms with van der Waals surface area (Å²) in [5.41, 5.74) is 5.56. The molecule has 0 radical (unpaired) electrons. The zero-order valence-electron chi connectivity index (χ0n) is 17.6. The van der Waals surface area contributed by atoms with Gasteiger partial charge < -0.3 is 14.6 Å². The van der Waals surface area contributed by atoms with Gasteiger partial charge in [-0.15, -0.1) is 0 Å². The first-order chi connectivity index (χ1) is 15.4. The van der Waals surface area contributed by atoms with Crippen molar-refractivity contribution in [3.05, 3.63) is 81.3 Å². The van der Waals surface area contributed by atoms with Crippen LogP contribution in [0.25, 0.3) is 5.65 Å². The summed E-state index contributed by atoms with van der Waals surface area (Å²) in [4.78, 5) is 43.2. The van der Waals surface area contributed by atoms with E-state index in [4.69, 9.17) is 4.42 Å². The molecule has 0 aliphatic carbocycles. The second-order valence-corrected chi connectivity index (χ2v) is 7.86. The Morgan fingerprint density at radius 3 is 2.84 bits per heavy atom. The zero-order valence-corrected chi connectivity index (χ0v) is 17.6. The van der Waals surface area contributed by atoms with Gasteiger partial charge in [-0.3, -0.25) is 19.5 Å². The molecule has 162 valence electrons. The number of anilines is 2. The molecule has 1 aromatic carbocycles. The highest BCUT2D eigenvalue weighted by Gasteiger charge is 2.26. The summed E-state index contributed by atoms with van der Waals surface area (Å²) >= 11 is 0. The molecule has 0 spiro atoms. The minimum absolute atomic E-state index is 0.105. The summed E-state index contributed by atoms with van der Waals surface area (Å²) < 4.78 is 6.61. The molecule has 1 aliphatic rings. The molecule has 4 aromatic rings. The average molecular weight is 431 g/mol. The van der Waals surface area contributed by atoms with Crippen molar-refractivity contribution in [2.75, 3.05) is 16.8 Å². The number of benzene rings is 1. The van der Waals surface area contributed by atoms with Crippen LogP contribution in [0, 0.1) is 13.8 Å². The summed E-state index contributed by atoms with van der Waals surface area (Å²) in [7, 11) is 0. The highest BCUT2D eigenvalue weighted by atomic mass is 16.3. The minimum atomic E-state index is -0.236. The largest absolute Gasteiger partial charge is 0.472 e. The summed E-state index contributed by atoms with van der Waals surface area (Å²) in [5.74, 6) is -0.290. The number of furan rings is 1. The smallest absolute Gasteiger partial charge is 0.266 e. The number of carbonyl (C=O) groups excluding carboxylic acids is 2. The average Bonchev–Trinajstić information content (AvgIpc) is 3.50. The van der Waals surface area contributed by atoms with E-state index in [9.17, 15) is 14.4 Å². The highest BCUT2D eigenvalue weighted by Crippen LogP contribution is 2.31. The van der Waals surface area contributed by atoms with Crippen molar-refractivity contribution in [2.24, 2.45) is 0 Å². The maximum absolute atomic E-state index is 12.8. The van der Waals surface area contributed by atoms with E-state index >= 15 is 0 Å². The summed E-state index contributed by atoms with van der Waals surface area (Å²) in [5, 5.41) is 5.63. The first-order valence-corrected chi connectivity index (χ1v) is 10.3. The summed E-state index contributed by atoms with van der Waals surface area (Å²) in [6.07, 6.45) is 3.76. The number of aryl methyl sites for hydroxylation is 2. The molecule has 0 bridgehead atoms. The molecule has 9 nitrogen and oxygen atoms in total. The highest BCUT2D eigenvalue weighted by molar-refractivity contribution is 6.07. The lowest BCUT2D eigenvalue weighted by molar-refractivity contribution is -0.115. The van der Waals surface area contributed by atoms with E-state index in [1.165, 1.54) is 18.6 Å². The topological polar surface area (TPSA) is 113 Å². The van der Waals surface area contributed by atoms with Gasteiger partial charge >= 0.3 is 0 Å². The van der Waals surface area contributed by atoms with Gasteiger partial charge in [-0.1, -0.05) is 0 Å². The van der Waals surface area contributed by atoms with Gasteiger partial charge in [0.2, 0.25) is 5.91 Å². The fourth-order valence-corrected chi connectivity index (χ4v) is 4.21. The number of carbonyl (C=O) groups is 2. The molecule has 0 unspecified atom stereocenters. The number of nitrogens with zero attached hydrogens (tertiary/aromatic N) is 3. The lowest BCUT2D eigenvalue weighted by Gasteiger charge is -2.17. The van der Waals surface area contributed by atoms with Crippen LogP contribution in [0.4, 0.5) is 11.4 Å². The van der Waals surface area contributed by atoms with Gasteiger partial charge in [0.1, 0.15) is 6.26 Å². The van der Waals surface area contributed by atoms with Crippen molar-refractivity contribution in [3.8, 4) is 0 Å². The SMILES string of the molecule is Cc1nc2cc(=O)[nH]n2c(C)c1CC(=O)Nc1ccc2c(c1)CCN2C(=O)c1ccoc1. The van der Waals surface area contributed by atoms with Crippen LogP contribution in [-0.2, 0) is 17.6 Å². The zero-order chi connectivity index (χ0) is 22.4. The molecule has 32 heavy (non-hydrogen) atoms. The maximum Gasteiger partial charge on any atom is 0.266 e. The van der Waals surface area contributed by atoms with Crippen LogP contribution in [0.15, 0.2) is 52.1 Å². The van der Waals surface area contributed by atoms with Gasteiger partial charge in [-0.25, -0.2) is 9.50 Å². The Morgan fingerprint density at radius 1 is 1.22 bits per heavy atom. The quantitative estimate of drug-likeness (QED) is 0.516. The van der Waals surface area contributed by atoms with E-state index in [0.29, 0.717) is 35.6 Å². The van der Waals surface area contributed by atoms with Gasteiger partial charge in [-0.2, -0.15) is 0 Å². The minimum Gasteiger partial charge on any atom is -0.472 e. The third kappa shape index (κ3) is 3.37. The molecule has 1 aliphatic heterocycles. The van der Waals surface area contributed by atoms with E-state index < -0.39 is 0 Å². The Hall–Kier alpha value is -4.14. The Kier molecular flexibility index (Phi) is 4.66. The Balaban J connectivity index is 1.33. The van der Waals surface area contributed by atoms with Crippen molar-refractivity contribution >= 4 is 28.8 Å². The van der Waals surface area contributed by atoms with Crippen molar-refractivity contribution in [2.45, 2.75) is 26.7 Å². The number of aromatic nitrogens is 3. The molecule has 4 heterocycles. The van der Waals surface area contributed by atoms with Crippen molar-refractivity contribution < 1.29 is 14.0 Å². The number of hydrogen-bond donors (Lipinski definition) is 2. The van der Waals surface area contributed by atoms with E-state index in [1.807, 2.05) is 26.0 Å². The molecule has 9 heteroatoms. The number of aromatic amines is 1. The summed E-state index contributed by atoms with van der Waals surface area (Å²) in [6.45, 7) is 4.26. The van der Waals surface area contributed by atoms with Crippen molar-refractivity contribution in [1.82, 2.24) is 14.6 Å². The lowest BCUT2D eigenvalue weighted by Crippen LogP contribution is -2.28. The van der Waals surface area contributed by atoms with Gasteiger partial charge in [0, 0.05) is 40.9 Å².